The minimum atomic E-state index is -0.379. The van der Waals surface area contributed by atoms with E-state index in [2.05, 4.69) is 5.92 Å². The Bertz CT molecular complexity index is 646. The first-order chi connectivity index (χ1) is 11.2. The average Bonchev–Trinajstić information content (AvgIpc) is 2.59. The molecule has 3 heteroatoms. The van der Waals surface area contributed by atoms with Crippen LogP contribution in [0.1, 0.15) is 18.1 Å². The molecule has 2 aromatic rings. The van der Waals surface area contributed by atoms with Gasteiger partial charge in [0.15, 0.2) is 0 Å². The van der Waals surface area contributed by atoms with Gasteiger partial charge in [-0.25, -0.2) is 4.79 Å². The average molecular weight is 307 g/mol. The molecule has 2 aromatic carbocycles. The van der Waals surface area contributed by atoms with E-state index in [-0.39, 0.29) is 25.3 Å². The second-order valence-corrected chi connectivity index (χ2v) is 5.41. The molecule has 0 heterocycles. The van der Waals surface area contributed by atoms with E-state index in [0.29, 0.717) is 0 Å². The lowest BCUT2D eigenvalue weighted by molar-refractivity contribution is 0.0886. The van der Waals surface area contributed by atoms with Crippen molar-refractivity contribution >= 4 is 6.09 Å². The van der Waals surface area contributed by atoms with Gasteiger partial charge in [-0.05, 0) is 24.5 Å². The highest BCUT2D eigenvalue weighted by Gasteiger charge is 2.21. The third kappa shape index (κ3) is 5.19. The number of hydrogen-bond donors (Lipinski definition) is 0. The molecule has 23 heavy (non-hydrogen) atoms. The van der Waals surface area contributed by atoms with E-state index in [9.17, 15) is 4.79 Å². The third-order valence-electron chi connectivity index (χ3n) is 3.61. The zero-order valence-corrected chi connectivity index (χ0v) is 13.3. The fraction of sp³-hybridized carbons (Fsp3) is 0.250. The molecule has 0 saturated heterocycles. The van der Waals surface area contributed by atoms with Gasteiger partial charge in [-0.15, -0.1) is 6.42 Å². The first kappa shape index (κ1) is 16.6. The van der Waals surface area contributed by atoms with Gasteiger partial charge in [0.2, 0.25) is 0 Å². The van der Waals surface area contributed by atoms with E-state index in [1.807, 2.05) is 67.6 Å². The molecule has 0 radical (unpaired) electrons. The van der Waals surface area contributed by atoms with E-state index in [1.165, 1.54) is 0 Å². The Morgan fingerprint density at radius 3 is 2.22 bits per heavy atom. The van der Waals surface area contributed by atoms with Gasteiger partial charge in [0.1, 0.15) is 6.61 Å². The molecule has 1 unspecified atom stereocenters. The summed E-state index contributed by atoms with van der Waals surface area (Å²) in [7, 11) is 0. The van der Waals surface area contributed by atoms with Crippen molar-refractivity contribution in [3.8, 4) is 12.3 Å². The zero-order chi connectivity index (χ0) is 16.5. The molecular weight excluding hydrogens is 286 g/mol. The Kier molecular flexibility index (Phi) is 6.26. The van der Waals surface area contributed by atoms with Gasteiger partial charge in [-0.2, -0.15) is 0 Å². The van der Waals surface area contributed by atoms with Crippen molar-refractivity contribution in [2.24, 2.45) is 0 Å². The molecule has 0 N–H and O–H groups in total. The summed E-state index contributed by atoms with van der Waals surface area (Å²) < 4.78 is 5.39. The van der Waals surface area contributed by atoms with Gasteiger partial charge in [-0.1, -0.05) is 66.6 Å². The molecule has 0 spiro atoms. The van der Waals surface area contributed by atoms with Crippen molar-refractivity contribution in [2.45, 2.75) is 26.0 Å². The maximum Gasteiger partial charge on any atom is 0.411 e. The van der Waals surface area contributed by atoms with Crippen molar-refractivity contribution in [1.82, 2.24) is 4.90 Å². The summed E-state index contributed by atoms with van der Waals surface area (Å²) in [5, 5.41) is 0. The summed E-state index contributed by atoms with van der Waals surface area (Å²) in [6.07, 6.45) is 5.77. The van der Waals surface area contributed by atoms with Crippen LogP contribution in [0.25, 0.3) is 0 Å². The molecule has 118 valence electrons. The molecule has 0 saturated carbocycles. The van der Waals surface area contributed by atoms with Gasteiger partial charge in [0, 0.05) is 6.04 Å². The minimum Gasteiger partial charge on any atom is -0.445 e. The van der Waals surface area contributed by atoms with Crippen molar-refractivity contribution in [2.75, 3.05) is 6.54 Å². The number of ether oxygens (including phenoxy) is 1. The monoisotopic (exact) mass is 307 g/mol. The van der Waals surface area contributed by atoms with E-state index >= 15 is 0 Å². The summed E-state index contributed by atoms with van der Waals surface area (Å²) >= 11 is 0. The van der Waals surface area contributed by atoms with Crippen molar-refractivity contribution in [3.63, 3.8) is 0 Å². The first-order valence-corrected chi connectivity index (χ1v) is 7.65. The molecule has 0 aliphatic carbocycles. The fourth-order valence-electron chi connectivity index (χ4n) is 2.37. The summed E-state index contributed by atoms with van der Waals surface area (Å²) in [5.41, 5.74) is 2.12. The van der Waals surface area contributed by atoms with Crippen molar-refractivity contribution in [1.29, 1.82) is 0 Å². The molecule has 1 atom stereocenters. The Hall–Kier alpha value is -2.73. The number of rotatable bonds is 6. The van der Waals surface area contributed by atoms with Crippen molar-refractivity contribution < 1.29 is 9.53 Å². The highest BCUT2D eigenvalue weighted by Crippen LogP contribution is 2.11. The molecule has 1 amide bonds. The normalized spacial score (nSPS) is 11.3. The molecule has 3 nitrogen and oxygen atoms in total. The predicted molar refractivity (Wildman–Crippen MR) is 91.8 cm³/mol. The Morgan fingerprint density at radius 1 is 1.09 bits per heavy atom. The van der Waals surface area contributed by atoms with Gasteiger partial charge in [0.25, 0.3) is 0 Å². The van der Waals surface area contributed by atoms with E-state index in [1.54, 1.807) is 4.90 Å². The number of terminal acetylenes is 1. The maximum atomic E-state index is 12.3. The molecular formula is C20H21NO2. The molecule has 0 fully saturated rings. The van der Waals surface area contributed by atoms with Crippen LogP contribution in [0.3, 0.4) is 0 Å². The highest BCUT2D eigenvalue weighted by molar-refractivity contribution is 5.68. The van der Waals surface area contributed by atoms with Crippen molar-refractivity contribution in [3.05, 3.63) is 71.8 Å². The third-order valence-corrected chi connectivity index (χ3v) is 3.61. The summed E-state index contributed by atoms with van der Waals surface area (Å²) in [4.78, 5) is 13.9. The van der Waals surface area contributed by atoms with E-state index < -0.39 is 0 Å². The van der Waals surface area contributed by atoms with E-state index in [4.69, 9.17) is 11.2 Å². The van der Waals surface area contributed by atoms with Gasteiger partial charge >= 0.3 is 6.09 Å². The Morgan fingerprint density at radius 2 is 1.65 bits per heavy atom. The van der Waals surface area contributed by atoms with Crippen LogP contribution in [0.5, 0.6) is 0 Å². The number of carbonyl (C=O) groups is 1. The summed E-state index contributed by atoms with van der Waals surface area (Å²) in [6.45, 7) is 2.47. The Balaban J connectivity index is 1.96. The summed E-state index contributed by atoms with van der Waals surface area (Å²) in [6, 6.07) is 19.6. The van der Waals surface area contributed by atoms with Crippen LogP contribution >= 0.6 is 0 Å². The molecule has 0 bridgehead atoms. The van der Waals surface area contributed by atoms with Crippen LogP contribution in [0.15, 0.2) is 60.7 Å². The lowest BCUT2D eigenvalue weighted by Crippen LogP contribution is -2.40. The number of nitrogens with zero attached hydrogens (tertiary/aromatic N) is 1. The van der Waals surface area contributed by atoms with Crippen LogP contribution in [0.4, 0.5) is 4.79 Å². The smallest absolute Gasteiger partial charge is 0.411 e. The van der Waals surface area contributed by atoms with Crippen LogP contribution in [0.2, 0.25) is 0 Å². The zero-order valence-electron chi connectivity index (χ0n) is 13.3. The SMILES string of the molecule is C#CCN(C(=O)OCc1ccccc1)C(C)Cc1ccccc1. The van der Waals surface area contributed by atoms with Crippen LogP contribution in [-0.2, 0) is 17.8 Å². The van der Waals surface area contributed by atoms with Crippen LogP contribution in [0, 0.1) is 12.3 Å². The number of benzene rings is 2. The topological polar surface area (TPSA) is 29.5 Å². The largest absolute Gasteiger partial charge is 0.445 e. The molecule has 2 rings (SSSR count). The van der Waals surface area contributed by atoms with Gasteiger partial charge in [-0.3, -0.25) is 4.90 Å². The minimum absolute atomic E-state index is 0.0308. The number of carbonyl (C=O) groups excluding carboxylic acids is 1. The summed E-state index contributed by atoms with van der Waals surface area (Å²) in [5.74, 6) is 2.54. The second-order valence-electron chi connectivity index (χ2n) is 5.41. The maximum absolute atomic E-state index is 12.3. The molecule has 0 aromatic heterocycles. The predicted octanol–water partition coefficient (Wildman–Crippen LogP) is 3.89. The molecule has 0 aliphatic rings. The number of amides is 1. The van der Waals surface area contributed by atoms with Crippen LogP contribution < -0.4 is 0 Å². The first-order valence-electron chi connectivity index (χ1n) is 7.65. The standard InChI is InChI=1S/C20H21NO2/c1-3-14-21(17(2)15-18-10-6-4-7-11-18)20(22)23-16-19-12-8-5-9-13-19/h1,4-13,17H,14-16H2,2H3. The van der Waals surface area contributed by atoms with E-state index in [0.717, 1.165) is 17.5 Å². The second kappa shape index (κ2) is 8.65. The number of hydrogen-bond acceptors (Lipinski definition) is 2. The van der Waals surface area contributed by atoms with Gasteiger partial charge < -0.3 is 4.74 Å². The Labute approximate surface area is 137 Å². The quantitative estimate of drug-likeness (QED) is 0.758. The van der Waals surface area contributed by atoms with Crippen LogP contribution in [-0.4, -0.2) is 23.6 Å². The fourth-order valence-corrected chi connectivity index (χ4v) is 2.37. The lowest BCUT2D eigenvalue weighted by Gasteiger charge is -2.26. The lowest BCUT2D eigenvalue weighted by atomic mass is 10.1. The molecule has 0 aliphatic heterocycles. The highest BCUT2D eigenvalue weighted by atomic mass is 16.6. The van der Waals surface area contributed by atoms with Gasteiger partial charge in [0.05, 0.1) is 6.54 Å².